The molecular formula is C19H23FN4O3. The molecule has 7 nitrogen and oxygen atoms in total. The largest absolute Gasteiger partial charge is 0.361 e. The first kappa shape index (κ1) is 17.9. The molecular weight excluding hydrogens is 351 g/mol. The maximum absolute atomic E-state index is 14.9. The van der Waals surface area contributed by atoms with Crippen molar-refractivity contribution in [3.8, 4) is 0 Å². The van der Waals surface area contributed by atoms with Crippen molar-refractivity contribution in [2.45, 2.75) is 51.4 Å². The van der Waals surface area contributed by atoms with Crippen LogP contribution in [0, 0.1) is 5.82 Å². The van der Waals surface area contributed by atoms with Gasteiger partial charge in [-0.1, -0.05) is 0 Å². The van der Waals surface area contributed by atoms with Crippen molar-refractivity contribution < 1.29 is 18.8 Å². The number of piperidine rings is 1. The molecule has 2 fully saturated rings. The van der Waals surface area contributed by atoms with Gasteiger partial charge in [0.1, 0.15) is 11.9 Å². The van der Waals surface area contributed by atoms with Crippen LogP contribution in [0.5, 0.6) is 0 Å². The van der Waals surface area contributed by atoms with E-state index in [4.69, 9.17) is 0 Å². The SMILES string of the molecule is CC1CNCC(C)N1c1cc2c(cc1F)C(=O)N(C1CCC(=O)NC1=O)C2. The topological polar surface area (TPSA) is 81.8 Å². The van der Waals surface area contributed by atoms with Gasteiger partial charge in [-0.3, -0.25) is 19.7 Å². The van der Waals surface area contributed by atoms with Crippen LogP contribution < -0.4 is 15.5 Å². The van der Waals surface area contributed by atoms with E-state index >= 15 is 0 Å². The van der Waals surface area contributed by atoms with Crippen LogP contribution in [0.25, 0.3) is 0 Å². The summed E-state index contributed by atoms with van der Waals surface area (Å²) in [5.41, 5.74) is 1.52. The maximum atomic E-state index is 14.9. The predicted octanol–water partition coefficient (Wildman–Crippen LogP) is 0.773. The highest BCUT2D eigenvalue weighted by atomic mass is 19.1. The first-order valence-corrected chi connectivity index (χ1v) is 9.33. The van der Waals surface area contributed by atoms with Crippen molar-refractivity contribution in [1.29, 1.82) is 0 Å². The van der Waals surface area contributed by atoms with Gasteiger partial charge in [-0.25, -0.2) is 4.39 Å². The molecule has 1 aromatic carbocycles. The second-order valence-electron chi connectivity index (χ2n) is 7.62. The molecule has 0 aliphatic carbocycles. The molecule has 3 amide bonds. The van der Waals surface area contributed by atoms with E-state index in [1.54, 1.807) is 6.07 Å². The fraction of sp³-hybridized carbons (Fsp3) is 0.526. The molecule has 1 aromatic rings. The van der Waals surface area contributed by atoms with E-state index in [1.807, 2.05) is 18.7 Å². The molecule has 144 valence electrons. The number of hydrogen-bond donors (Lipinski definition) is 2. The van der Waals surface area contributed by atoms with Gasteiger partial charge >= 0.3 is 0 Å². The lowest BCUT2D eigenvalue weighted by Crippen LogP contribution is -2.55. The van der Waals surface area contributed by atoms with Crippen LogP contribution in [-0.4, -0.2) is 53.8 Å². The van der Waals surface area contributed by atoms with Crippen LogP contribution in [0.15, 0.2) is 12.1 Å². The molecule has 0 saturated carbocycles. The Morgan fingerprint density at radius 2 is 1.81 bits per heavy atom. The van der Waals surface area contributed by atoms with Crippen LogP contribution in [0.3, 0.4) is 0 Å². The van der Waals surface area contributed by atoms with E-state index in [1.165, 1.54) is 11.0 Å². The molecule has 8 heteroatoms. The summed E-state index contributed by atoms with van der Waals surface area (Å²) >= 11 is 0. The summed E-state index contributed by atoms with van der Waals surface area (Å²) in [5.74, 6) is -1.56. The van der Waals surface area contributed by atoms with Gasteiger partial charge < -0.3 is 15.1 Å². The number of carbonyl (C=O) groups is 3. The van der Waals surface area contributed by atoms with E-state index in [0.717, 1.165) is 18.7 Å². The van der Waals surface area contributed by atoms with Crippen LogP contribution in [-0.2, 0) is 16.1 Å². The van der Waals surface area contributed by atoms with Gasteiger partial charge in [0.25, 0.3) is 5.91 Å². The van der Waals surface area contributed by atoms with Crippen molar-refractivity contribution in [2.75, 3.05) is 18.0 Å². The Balaban J connectivity index is 1.64. The fourth-order valence-corrected chi connectivity index (χ4v) is 4.38. The second-order valence-corrected chi connectivity index (χ2v) is 7.62. The maximum Gasteiger partial charge on any atom is 0.255 e. The zero-order valence-electron chi connectivity index (χ0n) is 15.4. The average molecular weight is 374 g/mol. The van der Waals surface area contributed by atoms with Crippen molar-refractivity contribution >= 4 is 23.4 Å². The Hall–Kier alpha value is -2.48. The van der Waals surface area contributed by atoms with Gasteiger partial charge in [0.2, 0.25) is 11.8 Å². The number of amides is 3. The third-order valence-corrected chi connectivity index (χ3v) is 5.70. The molecule has 2 saturated heterocycles. The monoisotopic (exact) mass is 374 g/mol. The third kappa shape index (κ3) is 2.97. The second kappa shape index (κ2) is 6.60. The highest BCUT2D eigenvalue weighted by Crippen LogP contribution is 2.34. The zero-order valence-corrected chi connectivity index (χ0v) is 15.4. The van der Waals surface area contributed by atoms with Crippen LogP contribution in [0.4, 0.5) is 10.1 Å². The summed E-state index contributed by atoms with van der Waals surface area (Å²) in [5, 5.41) is 5.60. The molecule has 4 rings (SSSR count). The number of halogens is 1. The molecule has 3 heterocycles. The minimum absolute atomic E-state index is 0.129. The minimum atomic E-state index is -0.689. The summed E-state index contributed by atoms with van der Waals surface area (Å²) < 4.78 is 14.9. The number of hydrogen-bond acceptors (Lipinski definition) is 5. The van der Waals surface area contributed by atoms with Crippen LogP contribution in [0.1, 0.15) is 42.6 Å². The number of nitrogens with one attached hydrogen (secondary N) is 2. The summed E-state index contributed by atoms with van der Waals surface area (Å²) in [7, 11) is 0. The van der Waals surface area contributed by atoms with Crippen molar-refractivity contribution in [1.82, 2.24) is 15.5 Å². The van der Waals surface area contributed by atoms with E-state index < -0.39 is 17.8 Å². The molecule has 3 aliphatic rings. The lowest BCUT2D eigenvalue weighted by Gasteiger charge is -2.41. The van der Waals surface area contributed by atoms with E-state index in [9.17, 15) is 18.8 Å². The summed E-state index contributed by atoms with van der Waals surface area (Å²) in [4.78, 5) is 39.8. The first-order chi connectivity index (χ1) is 12.9. The molecule has 3 unspecified atom stereocenters. The molecule has 0 aromatic heterocycles. The van der Waals surface area contributed by atoms with Crippen LogP contribution >= 0.6 is 0 Å². The molecule has 3 atom stereocenters. The first-order valence-electron chi connectivity index (χ1n) is 9.33. The van der Waals surface area contributed by atoms with E-state index in [0.29, 0.717) is 17.7 Å². The van der Waals surface area contributed by atoms with E-state index in [-0.39, 0.29) is 36.9 Å². The average Bonchev–Trinajstić information content (AvgIpc) is 2.91. The number of piperazine rings is 1. The lowest BCUT2D eigenvalue weighted by molar-refractivity contribution is -0.136. The molecule has 0 bridgehead atoms. The third-order valence-electron chi connectivity index (χ3n) is 5.70. The van der Waals surface area contributed by atoms with Gasteiger partial charge in [-0.15, -0.1) is 0 Å². The number of anilines is 1. The molecule has 0 radical (unpaired) electrons. The Labute approximate surface area is 156 Å². The van der Waals surface area contributed by atoms with Gasteiger partial charge in [0.05, 0.1) is 5.69 Å². The molecule has 3 aliphatic heterocycles. The number of rotatable bonds is 2. The number of benzene rings is 1. The lowest BCUT2D eigenvalue weighted by atomic mass is 10.0. The standard InChI is InChI=1S/C19H23FN4O3/c1-10-7-21-8-11(2)24(10)16-5-12-9-23(19(27)13(12)6-14(16)20)15-3-4-17(25)22-18(15)26/h5-6,10-11,15,21H,3-4,7-9H2,1-2H3,(H,22,25,26). The normalized spacial score (nSPS) is 28.4. The smallest absolute Gasteiger partial charge is 0.255 e. The minimum Gasteiger partial charge on any atom is -0.361 e. The van der Waals surface area contributed by atoms with Gasteiger partial charge in [-0.2, -0.15) is 0 Å². The predicted molar refractivity (Wildman–Crippen MR) is 96.7 cm³/mol. The van der Waals surface area contributed by atoms with Gasteiger partial charge in [-0.05, 0) is 38.0 Å². The Bertz CT molecular complexity index is 817. The molecule has 0 spiro atoms. The summed E-state index contributed by atoms with van der Waals surface area (Å²) in [6.07, 6.45) is 0.498. The Kier molecular flexibility index (Phi) is 4.38. The van der Waals surface area contributed by atoms with Crippen molar-refractivity contribution in [3.05, 3.63) is 29.1 Å². The Morgan fingerprint density at radius 1 is 1.11 bits per heavy atom. The van der Waals surface area contributed by atoms with Crippen LogP contribution in [0.2, 0.25) is 0 Å². The van der Waals surface area contributed by atoms with Gasteiger partial charge in [0.15, 0.2) is 0 Å². The molecule has 27 heavy (non-hydrogen) atoms. The molecule has 2 N–H and O–H groups in total. The fourth-order valence-electron chi connectivity index (χ4n) is 4.38. The van der Waals surface area contributed by atoms with E-state index in [2.05, 4.69) is 10.6 Å². The number of carbonyl (C=O) groups excluding carboxylic acids is 3. The highest BCUT2D eigenvalue weighted by molar-refractivity contribution is 6.05. The van der Waals surface area contributed by atoms with Gasteiger partial charge in [0, 0.05) is 43.7 Å². The number of fused-ring (bicyclic) bond motifs is 1. The quantitative estimate of drug-likeness (QED) is 0.748. The van der Waals surface area contributed by atoms with Crippen molar-refractivity contribution in [3.63, 3.8) is 0 Å². The zero-order chi connectivity index (χ0) is 19.3. The number of nitrogens with zero attached hydrogens (tertiary/aromatic N) is 2. The summed E-state index contributed by atoms with van der Waals surface area (Å²) in [6.45, 7) is 5.86. The van der Waals surface area contributed by atoms with Crippen molar-refractivity contribution in [2.24, 2.45) is 0 Å². The Morgan fingerprint density at radius 3 is 2.48 bits per heavy atom. The summed E-state index contributed by atoms with van der Waals surface area (Å²) in [6, 6.07) is 2.60. The highest BCUT2D eigenvalue weighted by Gasteiger charge is 2.40. The number of imide groups is 1.